The molecule has 1 aliphatic rings. The molecule has 152 valence electrons. The molecule has 0 aliphatic carbocycles. The molecule has 1 saturated heterocycles. The van der Waals surface area contributed by atoms with Crippen molar-refractivity contribution >= 4 is 5.91 Å². The summed E-state index contributed by atoms with van der Waals surface area (Å²) in [6.45, 7) is 5.36. The molecule has 1 N–H and O–H groups in total. The largest absolute Gasteiger partial charge is 0.468 e. The Morgan fingerprint density at radius 1 is 1.21 bits per heavy atom. The molecule has 8 heteroatoms. The van der Waals surface area contributed by atoms with Crippen LogP contribution in [0.4, 0.5) is 0 Å². The van der Waals surface area contributed by atoms with Crippen molar-refractivity contribution < 1.29 is 18.5 Å². The molecule has 1 aliphatic heterocycles. The van der Waals surface area contributed by atoms with Gasteiger partial charge >= 0.3 is 0 Å². The highest BCUT2D eigenvalue weighted by atomic mass is 16.5. The summed E-state index contributed by atoms with van der Waals surface area (Å²) in [5.41, 5.74) is 1.95. The zero-order valence-corrected chi connectivity index (χ0v) is 16.3. The Bertz CT molecular complexity index is 932. The number of carbonyl (C=O) groups excluding carboxylic acids is 1. The highest BCUT2D eigenvalue weighted by molar-refractivity contribution is 5.77. The summed E-state index contributed by atoms with van der Waals surface area (Å²) >= 11 is 0. The second-order valence-electron chi connectivity index (χ2n) is 6.99. The first-order valence-corrected chi connectivity index (χ1v) is 9.71. The first-order valence-electron chi connectivity index (χ1n) is 9.71. The molecule has 1 atom stereocenters. The molecule has 0 bridgehead atoms. The number of hydrogen-bond donors (Lipinski definition) is 1. The van der Waals surface area contributed by atoms with Crippen molar-refractivity contribution in [2.45, 2.75) is 19.4 Å². The number of benzene rings is 1. The minimum atomic E-state index is -0.171. The number of amides is 1. The number of ether oxygens (including phenoxy) is 1. The van der Waals surface area contributed by atoms with Crippen molar-refractivity contribution in [3.8, 4) is 11.4 Å². The third kappa shape index (κ3) is 4.72. The summed E-state index contributed by atoms with van der Waals surface area (Å²) in [6.07, 6.45) is 1.68. The first-order chi connectivity index (χ1) is 14.2. The summed E-state index contributed by atoms with van der Waals surface area (Å²) in [4.78, 5) is 19.1. The van der Waals surface area contributed by atoms with Crippen LogP contribution >= 0.6 is 0 Å². The van der Waals surface area contributed by atoms with E-state index >= 15 is 0 Å². The maximum atomic E-state index is 12.5. The van der Waals surface area contributed by atoms with Crippen molar-refractivity contribution in [2.24, 2.45) is 0 Å². The van der Waals surface area contributed by atoms with E-state index in [1.807, 2.05) is 43.3 Å². The number of nitrogens with one attached hydrogen (secondary N) is 1. The van der Waals surface area contributed by atoms with Gasteiger partial charge in [0.1, 0.15) is 12.2 Å². The van der Waals surface area contributed by atoms with Crippen LogP contribution < -0.4 is 5.32 Å². The molecule has 4 rings (SSSR count). The number of morpholine rings is 1. The Morgan fingerprint density at radius 3 is 2.79 bits per heavy atom. The Balaban J connectivity index is 1.37. The smallest absolute Gasteiger partial charge is 0.236 e. The second-order valence-corrected chi connectivity index (χ2v) is 6.99. The van der Waals surface area contributed by atoms with Crippen LogP contribution in [0, 0.1) is 6.92 Å². The van der Waals surface area contributed by atoms with Crippen molar-refractivity contribution in [1.29, 1.82) is 0 Å². The number of aromatic nitrogens is 2. The molecule has 2 aromatic heterocycles. The topological polar surface area (TPSA) is 93.6 Å². The van der Waals surface area contributed by atoms with E-state index in [1.54, 1.807) is 6.26 Å². The fourth-order valence-electron chi connectivity index (χ4n) is 3.45. The number of furan rings is 1. The molecular formula is C21H24N4O4. The van der Waals surface area contributed by atoms with E-state index in [0.717, 1.165) is 30.0 Å². The standard InChI is InChI=1S/C21H24N4O4/c1-15-5-2-3-6-16(15)21-23-20(29-24-21)13-19(26)22-14-17(18-7-4-10-28-18)25-8-11-27-12-9-25/h2-7,10,17H,8-9,11-14H2,1H3,(H,22,26). The lowest BCUT2D eigenvalue weighted by Gasteiger charge is -2.33. The molecular weight excluding hydrogens is 372 g/mol. The third-order valence-corrected chi connectivity index (χ3v) is 5.02. The fourth-order valence-corrected chi connectivity index (χ4v) is 3.45. The minimum absolute atomic E-state index is 0.0346. The van der Waals surface area contributed by atoms with Gasteiger partial charge in [0.15, 0.2) is 0 Å². The predicted molar refractivity (Wildman–Crippen MR) is 105 cm³/mol. The van der Waals surface area contributed by atoms with Crippen LogP contribution in [0.25, 0.3) is 11.4 Å². The molecule has 1 fully saturated rings. The Labute approximate surface area is 168 Å². The Kier molecular flexibility index (Phi) is 6.02. The average Bonchev–Trinajstić information content (AvgIpc) is 3.42. The minimum Gasteiger partial charge on any atom is -0.468 e. The van der Waals surface area contributed by atoms with Gasteiger partial charge in [0.05, 0.1) is 25.5 Å². The summed E-state index contributed by atoms with van der Waals surface area (Å²) in [5.74, 6) is 1.44. The zero-order valence-electron chi connectivity index (χ0n) is 16.3. The molecule has 1 amide bonds. The van der Waals surface area contributed by atoms with E-state index in [2.05, 4.69) is 20.4 Å². The van der Waals surface area contributed by atoms with Gasteiger partial charge in [-0.3, -0.25) is 9.69 Å². The SMILES string of the molecule is Cc1ccccc1-c1noc(CC(=O)NCC(c2ccco2)N2CCOCC2)n1. The summed E-state index contributed by atoms with van der Waals surface area (Å²) in [5, 5.41) is 6.97. The summed E-state index contributed by atoms with van der Waals surface area (Å²) in [7, 11) is 0. The lowest BCUT2D eigenvalue weighted by atomic mass is 10.1. The van der Waals surface area contributed by atoms with E-state index in [0.29, 0.717) is 31.5 Å². The van der Waals surface area contributed by atoms with Gasteiger partial charge in [-0.05, 0) is 24.6 Å². The maximum Gasteiger partial charge on any atom is 0.236 e. The molecule has 0 saturated carbocycles. The molecule has 1 unspecified atom stereocenters. The summed E-state index contributed by atoms with van der Waals surface area (Å²) in [6, 6.07) is 11.5. The van der Waals surface area contributed by atoms with Crippen LogP contribution in [-0.2, 0) is 16.0 Å². The fraction of sp³-hybridized carbons (Fsp3) is 0.381. The van der Waals surface area contributed by atoms with Crippen LogP contribution in [0.5, 0.6) is 0 Å². The van der Waals surface area contributed by atoms with E-state index in [4.69, 9.17) is 13.7 Å². The van der Waals surface area contributed by atoms with Crippen LogP contribution in [0.15, 0.2) is 51.6 Å². The lowest BCUT2D eigenvalue weighted by molar-refractivity contribution is -0.121. The number of rotatable bonds is 7. The van der Waals surface area contributed by atoms with Crippen LogP contribution in [-0.4, -0.2) is 53.8 Å². The van der Waals surface area contributed by atoms with Crippen LogP contribution in [0.1, 0.15) is 23.3 Å². The van der Waals surface area contributed by atoms with Crippen LogP contribution in [0.3, 0.4) is 0 Å². The average molecular weight is 396 g/mol. The molecule has 3 aromatic rings. The molecule has 29 heavy (non-hydrogen) atoms. The van der Waals surface area contributed by atoms with Crippen molar-refractivity contribution in [3.63, 3.8) is 0 Å². The predicted octanol–water partition coefficient (Wildman–Crippen LogP) is 2.37. The lowest BCUT2D eigenvalue weighted by Crippen LogP contribution is -2.44. The van der Waals surface area contributed by atoms with E-state index in [1.165, 1.54) is 0 Å². The Morgan fingerprint density at radius 2 is 2.03 bits per heavy atom. The molecule has 0 radical (unpaired) electrons. The number of carbonyl (C=O) groups is 1. The van der Waals surface area contributed by atoms with Gasteiger partial charge in [0.25, 0.3) is 0 Å². The van der Waals surface area contributed by atoms with Gasteiger partial charge in [0.2, 0.25) is 17.6 Å². The molecule has 0 spiro atoms. The molecule has 3 heterocycles. The Hall–Kier alpha value is -2.97. The van der Waals surface area contributed by atoms with E-state index < -0.39 is 0 Å². The van der Waals surface area contributed by atoms with Gasteiger partial charge in [-0.2, -0.15) is 4.98 Å². The van der Waals surface area contributed by atoms with E-state index in [-0.39, 0.29) is 18.4 Å². The van der Waals surface area contributed by atoms with Crippen molar-refractivity contribution in [2.75, 3.05) is 32.8 Å². The van der Waals surface area contributed by atoms with Gasteiger partial charge in [-0.25, -0.2) is 0 Å². The maximum absolute atomic E-state index is 12.5. The number of aryl methyl sites for hydroxylation is 1. The zero-order chi connectivity index (χ0) is 20.1. The van der Waals surface area contributed by atoms with Crippen molar-refractivity contribution in [3.05, 3.63) is 59.9 Å². The third-order valence-electron chi connectivity index (χ3n) is 5.02. The van der Waals surface area contributed by atoms with Gasteiger partial charge < -0.3 is 19.0 Å². The first kappa shape index (κ1) is 19.4. The number of hydrogen-bond acceptors (Lipinski definition) is 7. The van der Waals surface area contributed by atoms with Gasteiger partial charge in [-0.15, -0.1) is 0 Å². The monoisotopic (exact) mass is 396 g/mol. The van der Waals surface area contributed by atoms with Crippen LogP contribution in [0.2, 0.25) is 0 Å². The molecule has 8 nitrogen and oxygen atoms in total. The summed E-state index contributed by atoms with van der Waals surface area (Å²) < 4.78 is 16.3. The normalized spacial score (nSPS) is 15.9. The van der Waals surface area contributed by atoms with Crippen molar-refractivity contribution in [1.82, 2.24) is 20.4 Å². The van der Waals surface area contributed by atoms with E-state index in [9.17, 15) is 4.79 Å². The number of nitrogens with zero attached hydrogens (tertiary/aromatic N) is 3. The highest BCUT2D eigenvalue weighted by Crippen LogP contribution is 2.22. The second kappa shape index (κ2) is 9.02. The quantitative estimate of drug-likeness (QED) is 0.655. The highest BCUT2D eigenvalue weighted by Gasteiger charge is 2.25. The van der Waals surface area contributed by atoms with Gasteiger partial charge in [0, 0.05) is 25.2 Å². The van der Waals surface area contributed by atoms with Gasteiger partial charge in [-0.1, -0.05) is 29.4 Å². The molecule has 1 aromatic carbocycles.